The van der Waals surface area contributed by atoms with E-state index in [1.807, 2.05) is 45.0 Å². The molecule has 45 heavy (non-hydrogen) atoms. The first-order chi connectivity index (χ1) is 21.1. The summed E-state index contributed by atoms with van der Waals surface area (Å²) in [6.45, 7) is 10.5. The van der Waals surface area contributed by atoms with Crippen molar-refractivity contribution in [3.8, 4) is 11.3 Å². The minimum absolute atomic E-state index is 0.0564. The SMILES string of the molecule is COC(=O)c1cc([C@@H](CO)N2C(=O)[C@@](CC(C)(C)C)(c3ccc(-c4cnccn4)cc3)N/C2=N\C(=O)OC(C)(C)C)ccc1Cl. The number of nitrogens with one attached hydrogen (secondary N) is 1. The zero-order chi connectivity index (χ0) is 33.2. The predicted molar refractivity (Wildman–Crippen MR) is 169 cm³/mol. The third kappa shape index (κ3) is 7.49. The van der Waals surface area contributed by atoms with Crippen molar-refractivity contribution in [2.45, 2.75) is 65.1 Å². The lowest BCUT2D eigenvalue weighted by Gasteiger charge is -2.35. The van der Waals surface area contributed by atoms with E-state index in [9.17, 15) is 19.5 Å². The molecule has 4 rings (SSSR count). The number of amides is 2. The van der Waals surface area contributed by atoms with Gasteiger partial charge in [-0.05, 0) is 55.9 Å². The fourth-order valence-electron chi connectivity index (χ4n) is 5.29. The van der Waals surface area contributed by atoms with Crippen LogP contribution in [0.2, 0.25) is 5.02 Å². The average molecular weight is 636 g/mol. The van der Waals surface area contributed by atoms with Crippen LogP contribution < -0.4 is 5.32 Å². The van der Waals surface area contributed by atoms with E-state index in [0.717, 1.165) is 5.56 Å². The Bertz CT molecular complexity index is 1600. The molecule has 11 nitrogen and oxygen atoms in total. The van der Waals surface area contributed by atoms with E-state index in [-0.39, 0.29) is 16.5 Å². The lowest BCUT2D eigenvalue weighted by molar-refractivity contribution is -0.134. The molecule has 1 fully saturated rings. The topological polar surface area (TPSA) is 143 Å². The number of nitrogens with zero attached hydrogens (tertiary/aromatic N) is 4. The third-order valence-corrected chi connectivity index (χ3v) is 7.35. The lowest BCUT2D eigenvalue weighted by Crippen LogP contribution is -2.47. The molecule has 1 aromatic heterocycles. The van der Waals surface area contributed by atoms with E-state index in [0.29, 0.717) is 23.2 Å². The molecule has 0 unspecified atom stereocenters. The highest BCUT2D eigenvalue weighted by atomic mass is 35.5. The second kappa shape index (κ2) is 12.9. The number of methoxy groups -OCH3 is 1. The fraction of sp³-hybridized carbons (Fsp3) is 0.394. The Labute approximate surface area is 267 Å². The summed E-state index contributed by atoms with van der Waals surface area (Å²) in [6.07, 6.45) is 4.20. The standard InChI is InChI=1S/C33H38ClN5O6/c1-31(2,3)19-33(22-11-8-20(9-12-22)25-17-35-14-15-36-25)28(42)39(29(38-33)37-30(43)45-32(4,5)6)26(18-40)21-10-13-24(34)23(16-21)27(41)44-7/h8-17,26,40H,18-19H2,1-7H3,(H,37,38,43)/t26-,33-/m1/s1. The number of hydrogen-bond donors (Lipinski definition) is 2. The number of rotatable bonds is 7. The van der Waals surface area contributed by atoms with Gasteiger partial charge in [0, 0.05) is 18.0 Å². The number of hydrogen-bond acceptors (Lipinski definition) is 8. The van der Waals surface area contributed by atoms with Crippen LogP contribution in [0.4, 0.5) is 4.79 Å². The predicted octanol–water partition coefficient (Wildman–Crippen LogP) is 5.67. The molecule has 238 valence electrons. The summed E-state index contributed by atoms with van der Waals surface area (Å²) < 4.78 is 10.3. The Morgan fingerprint density at radius 2 is 1.78 bits per heavy atom. The number of aliphatic imine (C=N–C) groups is 1. The first-order valence-electron chi connectivity index (χ1n) is 14.4. The maximum Gasteiger partial charge on any atom is 0.437 e. The van der Waals surface area contributed by atoms with Crippen molar-refractivity contribution in [1.82, 2.24) is 20.2 Å². The fourth-order valence-corrected chi connectivity index (χ4v) is 5.48. The van der Waals surface area contributed by atoms with Crippen molar-refractivity contribution in [1.29, 1.82) is 0 Å². The van der Waals surface area contributed by atoms with Gasteiger partial charge in [0.2, 0.25) is 5.96 Å². The summed E-state index contributed by atoms with van der Waals surface area (Å²) in [5.74, 6) is -1.25. The molecule has 2 N–H and O–H groups in total. The summed E-state index contributed by atoms with van der Waals surface area (Å²) in [7, 11) is 1.23. The number of guanidine groups is 1. The lowest BCUT2D eigenvalue weighted by atomic mass is 9.75. The van der Waals surface area contributed by atoms with Gasteiger partial charge in [-0.1, -0.05) is 62.7 Å². The molecule has 2 heterocycles. The van der Waals surface area contributed by atoms with Crippen LogP contribution >= 0.6 is 11.6 Å². The van der Waals surface area contributed by atoms with E-state index in [4.69, 9.17) is 21.1 Å². The van der Waals surface area contributed by atoms with Crippen molar-refractivity contribution < 1.29 is 29.0 Å². The van der Waals surface area contributed by atoms with E-state index in [2.05, 4.69) is 20.3 Å². The molecule has 2 aromatic carbocycles. The Balaban J connectivity index is 1.90. The third-order valence-electron chi connectivity index (χ3n) is 7.03. The van der Waals surface area contributed by atoms with Crippen LogP contribution in [0.3, 0.4) is 0 Å². The van der Waals surface area contributed by atoms with Gasteiger partial charge in [-0.2, -0.15) is 0 Å². The summed E-state index contributed by atoms with van der Waals surface area (Å²) in [5, 5.41) is 14.1. The van der Waals surface area contributed by atoms with E-state index in [1.165, 1.54) is 24.1 Å². The van der Waals surface area contributed by atoms with Crippen LogP contribution in [0.5, 0.6) is 0 Å². The Morgan fingerprint density at radius 1 is 1.09 bits per heavy atom. The maximum atomic E-state index is 14.8. The molecule has 1 saturated heterocycles. The first-order valence-corrected chi connectivity index (χ1v) is 14.8. The first kappa shape index (κ1) is 33.5. The van der Waals surface area contributed by atoms with Gasteiger partial charge in [0.05, 0.1) is 42.2 Å². The number of aliphatic hydroxyl groups is 1. The van der Waals surface area contributed by atoms with Crippen LogP contribution in [-0.2, 0) is 19.8 Å². The number of benzene rings is 2. The second-order valence-electron chi connectivity index (χ2n) is 13.0. The number of aliphatic hydroxyl groups excluding tert-OH is 1. The van der Waals surface area contributed by atoms with Crippen LogP contribution in [-0.4, -0.2) is 63.2 Å². The molecule has 3 aromatic rings. The van der Waals surface area contributed by atoms with Crippen molar-refractivity contribution in [3.05, 3.63) is 82.8 Å². The van der Waals surface area contributed by atoms with Crippen LogP contribution in [0, 0.1) is 5.41 Å². The molecule has 1 aliphatic rings. The van der Waals surface area contributed by atoms with Gasteiger partial charge in [0.15, 0.2) is 0 Å². The largest absolute Gasteiger partial charge is 0.465 e. The monoisotopic (exact) mass is 635 g/mol. The zero-order valence-corrected chi connectivity index (χ0v) is 27.2. The molecule has 0 aliphatic carbocycles. The van der Waals surface area contributed by atoms with E-state index >= 15 is 0 Å². The van der Waals surface area contributed by atoms with Gasteiger partial charge in [0.1, 0.15) is 11.1 Å². The molecule has 0 radical (unpaired) electrons. The Hall–Kier alpha value is -4.35. The highest BCUT2D eigenvalue weighted by molar-refractivity contribution is 6.33. The minimum atomic E-state index is -1.40. The number of esters is 1. The molecule has 0 spiro atoms. The van der Waals surface area contributed by atoms with Crippen molar-refractivity contribution in [2.75, 3.05) is 13.7 Å². The number of carbonyl (C=O) groups is 3. The zero-order valence-electron chi connectivity index (χ0n) is 26.4. The summed E-state index contributed by atoms with van der Waals surface area (Å²) >= 11 is 6.27. The molecule has 0 saturated carbocycles. The van der Waals surface area contributed by atoms with E-state index in [1.54, 1.807) is 45.4 Å². The molecule has 1 aliphatic heterocycles. The molecular weight excluding hydrogens is 598 g/mol. The summed E-state index contributed by atoms with van der Waals surface area (Å²) in [4.78, 5) is 54.3. The van der Waals surface area contributed by atoms with Gasteiger partial charge in [-0.15, -0.1) is 4.99 Å². The van der Waals surface area contributed by atoms with Crippen molar-refractivity contribution in [3.63, 3.8) is 0 Å². The average Bonchev–Trinajstić information content (AvgIpc) is 3.23. The normalized spacial score (nSPS) is 18.5. The van der Waals surface area contributed by atoms with Gasteiger partial charge < -0.3 is 19.9 Å². The molecule has 12 heteroatoms. The van der Waals surface area contributed by atoms with Gasteiger partial charge in [0.25, 0.3) is 5.91 Å². The molecule has 0 bridgehead atoms. The van der Waals surface area contributed by atoms with Gasteiger partial charge in [-0.3, -0.25) is 19.7 Å². The van der Waals surface area contributed by atoms with Gasteiger partial charge in [-0.25, -0.2) is 9.59 Å². The molecule has 2 atom stereocenters. The Kier molecular flexibility index (Phi) is 9.65. The molecule has 2 amide bonds. The highest BCUT2D eigenvalue weighted by Gasteiger charge is 2.55. The summed E-state index contributed by atoms with van der Waals surface area (Å²) in [5.41, 5.74) is -0.144. The number of carbonyl (C=O) groups excluding carboxylic acids is 3. The van der Waals surface area contributed by atoms with Crippen molar-refractivity contribution >= 4 is 35.5 Å². The van der Waals surface area contributed by atoms with Gasteiger partial charge >= 0.3 is 12.1 Å². The van der Waals surface area contributed by atoms with Crippen LogP contribution in [0.25, 0.3) is 11.3 Å². The summed E-state index contributed by atoms with van der Waals surface area (Å²) in [6, 6.07) is 10.8. The highest BCUT2D eigenvalue weighted by Crippen LogP contribution is 2.43. The minimum Gasteiger partial charge on any atom is -0.465 e. The van der Waals surface area contributed by atoms with Crippen molar-refractivity contribution in [2.24, 2.45) is 10.4 Å². The smallest absolute Gasteiger partial charge is 0.437 e. The number of ether oxygens (including phenoxy) is 2. The Morgan fingerprint density at radius 3 is 2.33 bits per heavy atom. The van der Waals surface area contributed by atoms with Crippen LogP contribution in [0.1, 0.15) is 75.5 Å². The van der Waals surface area contributed by atoms with E-state index < -0.39 is 47.2 Å². The quantitative estimate of drug-likeness (QED) is 0.314. The number of aromatic nitrogens is 2. The van der Waals surface area contributed by atoms with Crippen LogP contribution in [0.15, 0.2) is 66.0 Å². The molecular formula is C33H38ClN5O6. The number of halogens is 1. The second-order valence-corrected chi connectivity index (χ2v) is 13.4. The maximum absolute atomic E-state index is 14.8.